The van der Waals surface area contributed by atoms with E-state index in [-0.39, 0.29) is 0 Å². The lowest BCUT2D eigenvalue weighted by Crippen LogP contribution is -1.97. The summed E-state index contributed by atoms with van der Waals surface area (Å²) >= 11 is 1.73. The molecule has 0 aliphatic rings. The molecule has 0 amide bonds. The maximum Gasteiger partial charge on any atom is 0.145 e. The summed E-state index contributed by atoms with van der Waals surface area (Å²) in [6.07, 6.45) is 0. The molecule has 0 spiro atoms. The van der Waals surface area contributed by atoms with Crippen molar-refractivity contribution in [2.45, 2.75) is 0 Å². The molecule has 0 atom stereocenters. The van der Waals surface area contributed by atoms with E-state index in [1.807, 2.05) is 36.4 Å². The number of thiazole rings is 1. The first-order valence-electron chi connectivity index (χ1n) is 23.4. The van der Waals surface area contributed by atoms with Gasteiger partial charge in [0.1, 0.15) is 27.8 Å². The Morgan fingerprint density at radius 1 is 0.343 bits per heavy atom. The zero-order valence-corrected chi connectivity index (χ0v) is 38.4. The number of furan rings is 1. The molecule has 6 nitrogen and oxygen atoms in total. The zero-order valence-electron chi connectivity index (χ0n) is 37.6. The van der Waals surface area contributed by atoms with Gasteiger partial charge in [-0.2, -0.15) is 0 Å². The molecule has 4 heterocycles. The Balaban J connectivity index is 0.878. The van der Waals surface area contributed by atoms with Crippen molar-refractivity contribution >= 4 is 65.6 Å². The van der Waals surface area contributed by atoms with Crippen LogP contribution in [-0.4, -0.2) is 24.1 Å². The molecule has 0 aliphatic heterocycles. The molecule has 4 aromatic heterocycles. The second-order valence-electron chi connectivity index (χ2n) is 17.6. The van der Waals surface area contributed by atoms with Gasteiger partial charge in [-0.15, -0.1) is 11.3 Å². The van der Waals surface area contributed by atoms with Gasteiger partial charge in [-0.3, -0.25) is 9.13 Å². The Morgan fingerprint density at radius 2 is 0.814 bits per heavy atom. The van der Waals surface area contributed by atoms with E-state index in [2.05, 4.69) is 209 Å². The van der Waals surface area contributed by atoms with Crippen LogP contribution in [0.4, 0.5) is 0 Å². The molecule has 14 aromatic rings. The van der Waals surface area contributed by atoms with Gasteiger partial charge in [0.25, 0.3) is 0 Å². The Hall–Kier alpha value is -9.17. The minimum atomic E-state index is 0.894. The third-order valence-electron chi connectivity index (χ3n) is 13.4. The van der Waals surface area contributed by atoms with Crippen LogP contribution in [0.1, 0.15) is 0 Å². The standard InChI is InChI=1S/C63H39N5OS/c1-3-14-46(15-4-1)67-55-23-10-8-21-53(55)64-61(67)43-32-26-40(27-33-43)48-38-39-50(42-28-34-44(35-29-42)62-65-54-22-9-11-24-56(54)68(62)47-16-5-2-6-17-47)60-58(48)66-63(70-60)45-36-30-41(31-37-45)49-19-13-20-52-51-18-7-12-25-57(51)69-59(49)52/h1-39H. The van der Waals surface area contributed by atoms with Crippen LogP contribution in [-0.2, 0) is 0 Å². The summed E-state index contributed by atoms with van der Waals surface area (Å²) in [5, 5.41) is 3.20. The van der Waals surface area contributed by atoms with Crippen LogP contribution in [0.5, 0.6) is 0 Å². The maximum atomic E-state index is 6.43. The van der Waals surface area contributed by atoms with Gasteiger partial charge >= 0.3 is 0 Å². The zero-order chi connectivity index (χ0) is 46.1. The molecule has 0 N–H and O–H groups in total. The number of hydrogen-bond acceptors (Lipinski definition) is 5. The van der Waals surface area contributed by atoms with Crippen molar-refractivity contribution in [2.24, 2.45) is 0 Å². The Bertz CT molecular complexity index is 4060. The fourth-order valence-electron chi connectivity index (χ4n) is 10.1. The molecule has 328 valence electrons. The number of aromatic nitrogens is 5. The number of para-hydroxylation sites is 8. The van der Waals surface area contributed by atoms with Crippen LogP contribution in [0, 0.1) is 0 Å². The highest BCUT2D eigenvalue weighted by molar-refractivity contribution is 7.22. The Morgan fingerprint density at radius 3 is 1.43 bits per heavy atom. The topological polar surface area (TPSA) is 61.7 Å². The van der Waals surface area contributed by atoms with Crippen molar-refractivity contribution in [2.75, 3.05) is 0 Å². The highest BCUT2D eigenvalue weighted by Gasteiger charge is 2.20. The Kier molecular flexibility index (Phi) is 9.28. The molecule has 7 heteroatoms. The van der Waals surface area contributed by atoms with E-state index < -0.39 is 0 Å². The van der Waals surface area contributed by atoms with Crippen molar-refractivity contribution < 1.29 is 4.42 Å². The second-order valence-corrected chi connectivity index (χ2v) is 18.6. The third-order valence-corrected chi connectivity index (χ3v) is 14.6. The molecule has 0 fully saturated rings. The summed E-state index contributed by atoms with van der Waals surface area (Å²) in [6.45, 7) is 0. The fourth-order valence-corrected chi connectivity index (χ4v) is 11.2. The van der Waals surface area contributed by atoms with E-state index in [0.29, 0.717) is 0 Å². The largest absolute Gasteiger partial charge is 0.455 e. The van der Waals surface area contributed by atoms with Crippen LogP contribution in [0.25, 0.3) is 132 Å². The quantitative estimate of drug-likeness (QED) is 0.152. The van der Waals surface area contributed by atoms with Crippen molar-refractivity contribution in [3.05, 3.63) is 237 Å². The van der Waals surface area contributed by atoms with Gasteiger partial charge in [0.2, 0.25) is 0 Å². The van der Waals surface area contributed by atoms with Crippen molar-refractivity contribution in [1.82, 2.24) is 24.1 Å². The van der Waals surface area contributed by atoms with E-state index >= 15 is 0 Å². The minimum Gasteiger partial charge on any atom is -0.455 e. The Labute approximate surface area is 406 Å². The number of fused-ring (bicyclic) bond motifs is 6. The average molecular weight is 914 g/mol. The van der Waals surface area contributed by atoms with Gasteiger partial charge in [-0.25, -0.2) is 15.0 Å². The molecule has 70 heavy (non-hydrogen) atoms. The summed E-state index contributed by atoms with van der Waals surface area (Å²) < 4.78 is 12.0. The van der Waals surface area contributed by atoms with E-state index in [9.17, 15) is 0 Å². The SMILES string of the molecule is c1ccc(-n2c(-c3ccc(-c4ccc(-c5ccc(-c6nc7ccccc7n6-c6ccccc6)cc5)c5sc(-c6ccc(-c7cccc8c7oc7ccccc78)cc6)nc45)cc3)nc3ccccc32)cc1. The monoisotopic (exact) mass is 913 g/mol. The van der Waals surface area contributed by atoms with Gasteiger partial charge in [0, 0.05) is 55.5 Å². The van der Waals surface area contributed by atoms with Crippen molar-refractivity contribution in [1.29, 1.82) is 0 Å². The number of imidazole rings is 2. The molecule has 0 bridgehead atoms. The summed E-state index contributed by atoms with van der Waals surface area (Å²) in [6, 6.07) is 83.1. The summed E-state index contributed by atoms with van der Waals surface area (Å²) in [4.78, 5) is 15.8. The van der Waals surface area contributed by atoms with E-state index in [1.54, 1.807) is 11.3 Å². The van der Waals surface area contributed by atoms with Gasteiger partial charge in [-0.05, 0) is 71.3 Å². The van der Waals surface area contributed by atoms with Crippen LogP contribution in [0.2, 0.25) is 0 Å². The predicted molar refractivity (Wildman–Crippen MR) is 289 cm³/mol. The predicted octanol–water partition coefficient (Wildman–Crippen LogP) is 16.9. The third kappa shape index (κ3) is 6.59. The van der Waals surface area contributed by atoms with Crippen LogP contribution in [0.15, 0.2) is 241 Å². The molecule has 0 saturated carbocycles. The lowest BCUT2D eigenvalue weighted by molar-refractivity contribution is 0.670. The average Bonchev–Trinajstić information content (AvgIpc) is 4.24. The summed E-state index contributed by atoms with van der Waals surface area (Å²) in [5.41, 5.74) is 18.7. The van der Waals surface area contributed by atoms with E-state index in [4.69, 9.17) is 19.4 Å². The van der Waals surface area contributed by atoms with E-state index in [0.717, 1.165) is 132 Å². The van der Waals surface area contributed by atoms with Gasteiger partial charge in [-0.1, -0.05) is 182 Å². The van der Waals surface area contributed by atoms with Crippen molar-refractivity contribution in [3.63, 3.8) is 0 Å². The molecule has 0 radical (unpaired) electrons. The summed E-state index contributed by atoms with van der Waals surface area (Å²) in [5.74, 6) is 1.81. The molecule has 10 aromatic carbocycles. The molecule has 0 saturated heterocycles. The van der Waals surface area contributed by atoms with Gasteiger partial charge in [0.05, 0.1) is 32.3 Å². The lowest BCUT2D eigenvalue weighted by Gasteiger charge is -2.12. The van der Waals surface area contributed by atoms with Crippen LogP contribution < -0.4 is 0 Å². The number of nitrogens with zero attached hydrogens (tertiary/aromatic N) is 5. The highest BCUT2D eigenvalue weighted by Crippen LogP contribution is 2.44. The van der Waals surface area contributed by atoms with Crippen LogP contribution >= 0.6 is 11.3 Å². The first-order valence-corrected chi connectivity index (χ1v) is 24.2. The molecule has 14 rings (SSSR count). The van der Waals surface area contributed by atoms with E-state index in [1.165, 1.54) is 0 Å². The number of hydrogen-bond donors (Lipinski definition) is 0. The lowest BCUT2D eigenvalue weighted by atomic mass is 9.97. The van der Waals surface area contributed by atoms with Crippen LogP contribution in [0.3, 0.4) is 0 Å². The minimum absolute atomic E-state index is 0.894. The van der Waals surface area contributed by atoms with Gasteiger partial charge < -0.3 is 4.42 Å². The van der Waals surface area contributed by atoms with Crippen molar-refractivity contribution in [3.8, 4) is 78.1 Å². The normalized spacial score (nSPS) is 11.7. The molecule has 0 unspecified atom stereocenters. The molecular weight excluding hydrogens is 875 g/mol. The fraction of sp³-hybridized carbons (Fsp3) is 0. The first kappa shape index (κ1) is 39.9. The molecular formula is C63H39N5OS. The number of benzene rings is 10. The van der Waals surface area contributed by atoms with Gasteiger partial charge in [0.15, 0.2) is 0 Å². The number of rotatable bonds is 8. The smallest absolute Gasteiger partial charge is 0.145 e. The summed E-state index contributed by atoms with van der Waals surface area (Å²) in [7, 11) is 0. The first-order chi connectivity index (χ1) is 34.7. The highest BCUT2D eigenvalue weighted by atomic mass is 32.1. The maximum absolute atomic E-state index is 6.43. The molecule has 0 aliphatic carbocycles. The second kappa shape index (κ2) is 16.3.